The van der Waals surface area contributed by atoms with Crippen LogP contribution in [0.25, 0.3) is 0 Å². The molecule has 3 rings (SSSR count). The maximum Gasteiger partial charge on any atom is 0.261 e. The molecule has 0 spiro atoms. The predicted molar refractivity (Wildman–Crippen MR) is 85.0 cm³/mol. The van der Waals surface area contributed by atoms with E-state index in [2.05, 4.69) is 10.0 Å². The van der Waals surface area contributed by atoms with Crippen molar-refractivity contribution in [3.8, 4) is 0 Å². The maximum atomic E-state index is 12.5. The monoisotopic (exact) mass is 332 g/mol. The largest absolute Gasteiger partial charge is 0.367 e. The van der Waals surface area contributed by atoms with Crippen molar-refractivity contribution in [1.29, 1.82) is 0 Å². The van der Waals surface area contributed by atoms with E-state index in [0.717, 1.165) is 0 Å². The first kappa shape index (κ1) is 15.5. The van der Waals surface area contributed by atoms with Gasteiger partial charge in [-0.1, -0.05) is 30.3 Å². The fourth-order valence-corrected chi connectivity index (χ4v) is 3.61. The summed E-state index contributed by atoms with van der Waals surface area (Å²) in [6.45, 7) is 0. The summed E-state index contributed by atoms with van der Waals surface area (Å²) in [7, 11) is -3.78. The van der Waals surface area contributed by atoms with E-state index in [1.54, 1.807) is 36.4 Å². The van der Waals surface area contributed by atoms with Crippen LogP contribution in [-0.2, 0) is 20.5 Å². The van der Waals surface area contributed by atoms with E-state index in [1.807, 2.05) is 0 Å². The smallest absolute Gasteiger partial charge is 0.261 e. The number of hydrogen-bond donors (Lipinski definition) is 3. The third-order valence-corrected chi connectivity index (χ3v) is 5.09. The van der Waals surface area contributed by atoms with Crippen LogP contribution in [0, 0.1) is 0 Å². The first-order valence-electron chi connectivity index (χ1n) is 7.11. The van der Waals surface area contributed by atoms with Gasteiger partial charge in [-0.05, 0) is 24.3 Å². The Labute approximate surface area is 134 Å². The Bertz CT molecular complexity index is 836. The first-order chi connectivity index (χ1) is 10.9. The molecule has 1 amide bonds. The number of aliphatic hydroxyl groups is 1. The van der Waals surface area contributed by atoms with Gasteiger partial charge in [0.1, 0.15) is 0 Å². The summed E-state index contributed by atoms with van der Waals surface area (Å²) in [4.78, 5) is 11.4. The van der Waals surface area contributed by atoms with Gasteiger partial charge >= 0.3 is 0 Å². The van der Waals surface area contributed by atoms with Crippen molar-refractivity contribution in [3.05, 3.63) is 60.2 Å². The minimum absolute atomic E-state index is 0.0217. The molecule has 1 atom stereocenters. The van der Waals surface area contributed by atoms with E-state index in [9.17, 15) is 18.3 Å². The highest BCUT2D eigenvalue weighted by molar-refractivity contribution is 7.92. The minimum atomic E-state index is -3.78. The van der Waals surface area contributed by atoms with Crippen LogP contribution in [0.2, 0.25) is 0 Å². The van der Waals surface area contributed by atoms with Gasteiger partial charge in [-0.15, -0.1) is 0 Å². The molecule has 0 radical (unpaired) electrons. The molecule has 1 fully saturated rings. The van der Waals surface area contributed by atoms with Crippen LogP contribution in [0.1, 0.15) is 18.4 Å². The SMILES string of the molecule is O=C1CCC(O)(c2cccc(S(=O)(=O)Nc3ccccc3)c2)N1. The number of benzene rings is 2. The number of para-hydroxylation sites is 1. The van der Waals surface area contributed by atoms with Crippen molar-refractivity contribution in [2.75, 3.05) is 4.72 Å². The van der Waals surface area contributed by atoms with Crippen LogP contribution in [0.3, 0.4) is 0 Å². The van der Waals surface area contributed by atoms with Gasteiger partial charge in [0.15, 0.2) is 5.72 Å². The molecule has 2 aromatic carbocycles. The van der Waals surface area contributed by atoms with Crippen molar-refractivity contribution in [2.45, 2.75) is 23.5 Å². The van der Waals surface area contributed by atoms with Crippen LogP contribution in [0.15, 0.2) is 59.5 Å². The quantitative estimate of drug-likeness (QED) is 0.791. The minimum Gasteiger partial charge on any atom is -0.367 e. The highest BCUT2D eigenvalue weighted by atomic mass is 32.2. The highest BCUT2D eigenvalue weighted by Gasteiger charge is 2.37. The summed E-state index contributed by atoms with van der Waals surface area (Å²) in [5.41, 5.74) is -0.722. The lowest BCUT2D eigenvalue weighted by Gasteiger charge is -2.23. The van der Waals surface area contributed by atoms with Crippen LogP contribution < -0.4 is 10.0 Å². The summed E-state index contributed by atoms with van der Waals surface area (Å²) >= 11 is 0. The fourth-order valence-electron chi connectivity index (χ4n) is 2.51. The number of nitrogens with one attached hydrogen (secondary N) is 2. The van der Waals surface area contributed by atoms with Gasteiger partial charge in [0, 0.05) is 24.1 Å². The van der Waals surface area contributed by atoms with Crippen molar-refractivity contribution in [3.63, 3.8) is 0 Å². The second-order valence-corrected chi connectivity index (χ2v) is 7.09. The van der Waals surface area contributed by atoms with Gasteiger partial charge in [-0.25, -0.2) is 8.42 Å². The number of carbonyl (C=O) groups excluding carboxylic acids is 1. The van der Waals surface area contributed by atoms with Gasteiger partial charge in [0.05, 0.1) is 4.90 Å². The number of anilines is 1. The fraction of sp³-hybridized carbons (Fsp3) is 0.188. The Kier molecular flexibility index (Phi) is 3.83. The predicted octanol–water partition coefficient (Wildman–Crippen LogP) is 1.54. The van der Waals surface area contributed by atoms with E-state index in [0.29, 0.717) is 11.3 Å². The Morgan fingerprint density at radius 2 is 1.83 bits per heavy atom. The summed E-state index contributed by atoms with van der Waals surface area (Å²) in [5.74, 6) is -0.261. The van der Waals surface area contributed by atoms with Crippen LogP contribution >= 0.6 is 0 Å². The lowest BCUT2D eigenvalue weighted by atomic mass is 10.0. The zero-order valence-electron chi connectivity index (χ0n) is 12.2. The van der Waals surface area contributed by atoms with Crippen LogP contribution in [0.4, 0.5) is 5.69 Å². The molecule has 0 bridgehead atoms. The molecule has 2 aromatic rings. The number of carbonyl (C=O) groups is 1. The second kappa shape index (κ2) is 5.68. The molecule has 23 heavy (non-hydrogen) atoms. The third kappa shape index (κ3) is 3.20. The van der Waals surface area contributed by atoms with Gasteiger partial charge < -0.3 is 10.4 Å². The zero-order valence-corrected chi connectivity index (χ0v) is 13.0. The Balaban J connectivity index is 1.92. The van der Waals surface area contributed by atoms with Crippen molar-refractivity contribution >= 4 is 21.6 Å². The van der Waals surface area contributed by atoms with Crippen molar-refractivity contribution in [2.24, 2.45) is 0 Å². The van der Waals surface area contributed by atoms with E-state index < -0.39 is 15.7 Å². The molecule has 7 heteroatoms. The molecule has 1 saturated heterocycles. The average molecular weight is 332 g/mol. The first-order valence-corrected chi connectivity index (χ1v) is 8.59. The number of amides is 1. The Morgan fingerprint density at radius 1 is 1.09 bits per heavy atom. The molecule has 0 aromatic heterocycles. The van der Waals surface area contributed by atoms with Crippen molar-refractivity contribution in [1.82, 2.24) is 5.32 Å². The summed E-state index contributed by atoms with van der Waals surface area (Å²) in [5, 5.41) is 12.9. The third-order valence-electron chi connectivity index (χ3n) is 3.71. The normalized spacial score (nSPS) is 21.0. The van der Waals surface area contributed by atoms with E-state index in [-0.39, 0.29) is 23.6 Å². The Morgan fingerprint density at radius 3 is 2.48 bits per heavy atom. The lowest BCUT2D eigenvalue weighted by molar-refractivity contribution is -0.122. The van der Waals surface area contributed by atoms with Crippen molar-refractivity contribution < 1.29 is 18.3 Å². The second-order valence-electron chi connectivity index (χ2n) is 5.41. The molecule has 6 nitrogen and oxygen atoms in total. The zero-order chi connectivity index (χ0) is 16.5. The van der Waals surface area contributed by atoms with Crippen LogP contribution in [-0.4, -0.2) is 19.4 Å². The lowest BCUT2D eigenvalue weighted by Crippen LogP contribution is -2.38. The maximum absolute atomic E-state index is 12.5. The van der Waals surface area contributed by atoms with E-state index in [1.165, 1.54) is 18.2 Å². The average Bonchev–Trinajstić information content (AvgIpc) is 2.89. The highest BCUT2D eigenvalue weighted by Crippen LogP contribution is 2.30. The molecule has 1 heterocycles. The Hall–Kier alpha value is -2.38. The molecule has 3 N–H and O–H groups in total. The summed E-state index contributed by atoms with van der Waals surface area (Å²) in [6, 6.07) is 14.5. The summed E-state index contributed by atoms with van der Waals surface area (Å²) < 4.78 is 27.4. The number of rotatable bonds is 4. The van der Waals surface area contributed by atoms with Gasteiger partial charge in [0.25, 0.3) is 10.0 Å². The standard InChI is InChI=1S/C16H16N2O4S/c19-15-9-10-16(20,17-15)12-5-4-8-14(11-12)23(21,22)18-13-6-2-1-3-7-13/h1-8,11,18,20H,9-10H2,(H,17,19). The topological polar surface area (TPSA) is 95.5 Å². The van der Waals surface area contributed by atoms with Gasteiger partial charge in [-0.2, -0.15) is 0 Å². The number of hydrogen-bond acceptors (Lipinski definition) is 4. The van der Waals surface area contributed by atoms with E-state index in [4.69, 9.17) is 0 Å². The molecular weight excluding hydrogens is 316 g/mol. The molecular formula is C16H16N2O4S. The summed E-state index contributed by atoms with van der Waals surface area (Å²) in [6.07, 6.45) is 0.414. The van der Waals surface area contributed by atoms with Crippen LogP contribution in [0.5, 0.6) is 0 Å². The molecule has 0 saturated carbocycles. The van der Waals surface area contributed by atoms with Gasteiger partial charge in [-0.3, -0.25) is 9.52 Å². The number of sulfonamides is 1. The molecule has 1 unspecified atom stereocenters. The molecule has 0 aliphatic carbocycles. The molecule has 120 valence electrons. The molecule has 1 aliphatic rings. The molecule has 1 aliphatic heterocycles. The van der Waals surface area contributed by atoms with E-state index >= 15 is 0 Å². The van der Waals surface area contributed by atoms with Gasteiger partial charge in [0.2, 0.25) is 5.91 Å².